The minimum atomic E-state index is -1.23. The van der Waals surface area contributed by atoms with Gasteiger partial charge in [0.25, 0.3) is 5.78 Å². The second-order valence-corrected chi connectivity index (χ2v) is 12.6. The molecule has 7 rings (SSSR count). The molecule has 1 saturated heterocycles. The van der Waals surface area contributed by atoms with Crippen molar-refractivity contribution in [2.75, 3.05) is 4.90 Å². The molecule has 1 fully saturated rings. The SMILES string of the molecule is C[C@@H]1Cc2cc(/C(O)=C3\C(=O)C(=O)N(c4nnc(SCc5cccc6ccccc56)s4)[C@@H]3c3ccccc3F)ccc2O1. The van der Waals surface area contributed by atoms with Crippen LogP contribution >= 0.6 is 23.1 Å². The Balaban J connectivity index is 1.26. The topological polar surface area (TPSA) is 92.6 Å². The van der Waals surface area contributed by atoms with Crippen LogP contribution in [0.15, 0.2) is 94.8 Å². The van der Waals surface area contributed by atoms with Crippen molar-refractivity contribution in [3.8, 4) is 5.75 Å². The Hall–Kier alpha value is -4.54. The van der Waals surface area contributed by atoms with Gasteiger partial charge in [-0.05, 0) is 53.1 Å². The number of hydrogen-bond donors (Lipinski definition) is 1. The number of fused-ring (bicyclic) bond motifs is 2. The summed E-state index contributed by atoms with van der Waals surface area (Å²) < 4.78 is 21.6. The number of halogens is 1. The van der Waals surface area contributed by atoms with Crippen molar-refractivity contribution in [2.24, 2.45) is 0 Å². The van der Waals surface area contributed by atoms with E-state index in [4.69, 9.17) is 4.74 Å². The third-order valence-corrected chi connectivity index (χ3v) is 9.75. The van der Waals surface area contributed by atoms with E-state index in [1.165, 1.54) is 30.0 Å². The number of thioether (sulfide) groups is 1. The normalized spacial score (nSPS) is 19.2. The summed E-state index contributed by atoms with van der Waals surface area (Å²) in [6, 6.07) is 24.0. The van der Waals surface area contributed by atoms with E-state index in [1.807, 2.05) is 25.1 Å². The van der Waals surface area contributed by atoms with Crippen molar-refractivity contribution < 1.29 is 23.8 Å². The summed E-state index contributed by atoms with van der Waals surface area (Å²) in [4.78, 5) is 28.2. The molecule has 0 bridgehead atoms. The minimum absolute atomic E-state index is 0.0125. The molecule has 1 aromatic heterocycles. The molecular formula is C33H24FN3O4S2. The van der Waals surface area contributed by atoms with E-state index in [-0.39, 0.29) is 28.1 Å². The van der Waals surface area contributed by atoms with Crippen LogP contribution in [0.25, 0.3) is 16.5 Å². The summed E-state index contributed by atoms with van der Waals surface area (Å²) >= 11 is 2.60. The zero-order chi connectivity index (χ0) is 29.7. The molecular weight excluding hydrogens is 586 g/mol. The van der Waals surface area contributed by atoms with Gasteiger partial charge in [0.2, 0.25) is 5.13 Å². The molecule has 214 valence electrons. The van der Waals surface area contributed by atoms with Gasteiger partial charge >= 0.3 is 5.91 Å². The van der Waals surface area contributed by atoms with Gasteiger partial charge in [0, 0.05) is 23.3 Å². The predicted octanol–water partition coefficient (Wildman–Crippen LogP) is 7.07. The monoisotopic (exact) mass is 609 g/mol. The molecule has 10 heteroatoms. The minimum Gasteiger partial charge on any atom is -0.507 e. The van der Waals surface area contributed by atoms with Gasteiger partial charge in [0.15, 0.2) is 4.34 Å². The Morgan fingerprint density at radius 2 is 1.84 bits per heavy atom. The summed E-state index contributed by atoms with van der Waals surface area (Å²) in [5.74, 6) is -1.50. The predicted molar refractivity (Wildman–Crippen MR) is 165 cm³/mol. The van der Waals surface area contributed by atoms with E-state index < -0.39 is 23.5 Å². The number of ether oxygens (including phenoxy) is 1. The lowest BCUT2D eigenvalue weighted by Crippen LogP contribution is -2.29. The molecule has 43 heavy (non-hydrogen) atoms. The molecule has 0 unspecified atom stereocenters. The number of carbonyl (C=O) groups excluding carboxylic acids is 2. The highest BCUT2D eigenvalue weighted by atomic mass is 32.2. The Morgan fingerprint density at radius 1 is 1.05 bits per heavy atom. The molecule has 3 heterocycles. The Bertz CT molecular complexity index is 1950. The zero-order valence-electron chi connectivity index (χ0n) is 22.9. The van der Waals surface area contributed by atoms with E-state index in [0.717, 1.165) is 38.1 Å². The highest BCUT2D eigenvalue weighted by Crippen LogP contribution is 2.45. The van der Waals surface area contributed by atoms with Crippen molar-refractivity contribution in [2.45, 2.75) is 35.6 Å². The van der Waals surface area contributed by atoms with Gasteiger partial charge in [-0.15, -0.1) is 10.2 Å². The lowest BCUT2D eigenvalue weighted by atomic mass is 9.94. The highest BCUT2D eigenvalue weighted by Gasteiger charge is 2.49. The number of hydrogen-bond acceptors (Lipinski definition) is 8. The number of rotatable bonds is 6. The Morgan fingerprint density at radius 3 is 2.70 bits per heavy atom. The molecule has 0 saturated carbocycles. The molecule has 2 atom stereocenters. The van der Waals surface area contributed by atoms with Crippen LogP contribution in [0.1, 0.15) is 35.2 Å². The summed E-state index contributed by atoms with van der Waals surface area (Å²) in [6.45, 7) is 1.94. The fraction of sp³-hybridized carbons (Fsp3) is 0.152. The van der Waals surface area contributed by atoms with Crippen molar-refractivity contribution in [3.05, 3.63) is 119 Å². The van der Waals surface area contributed by atoms with Crippen LogP contribution < -0.4 is 9.64 Å². The van der Waals surface area contributed by atoms with Crippen LogP contribution in [0.2, 0.25) is 0 Å². The van der Waals surface area contributed by atoms with Crippen LogP contribution in [0.5, 0.6) is 5.75 Å². The molecule has 1 N–H and O–H groups in total. The average Bonchev–Trinajstić information content (AvgIpc) is 3.70. The number of carbonyl (C=O) groups is 2. The molecule has 1 amide bonds. The van der Waals surface area contributed by atoms with Gasteiger partial charge in [-0.25, -0.2) is 4.39 Å². The van der Waals surface area contributed by atoms with Crippen LogP contribution in [0.3, 0.4) is 0 Å². The van der Waals surface area contributed by atoms with Gasteiger partial charge in [-0.3, -0.25) is 14.5 Å². The van der Waals surface area contributed by atoms with Gasteiger partial charge in [0.05, 0.1) is 5.57 Å². The first-order chi connectivity index (χ1) is 20.9. The Labute approximate surface area is 254 Å². The fourth-order valence-electron chi connectivity index (χ4n) is 5.66. The van der Waals surface area contributed by atoms with Crippen LogP contribution in [0, 0.1) is 5.82 Å². The molecule has 0 radical (unpaired) electrons. The molecule has 0 aliphatic carbocycles. The standard InChI is InChI=1S/C33H24FN3O4S2/c1-18-15-22-16-20(13-14-26(22)41-18)29(38)27-28(24-11-4-5-12-25(24)34)37(31(40)30(27)39)32-35-36-33(43-32)42-17-21-9-6-8-19-7-2-3-10-23(19)21/h2-14,16,18,28,38H,15,17H2,1H3/b29-27+/t18-,28-/m1/s1. The first kappa shape index (κ1) is 27.3. The summed E-state index contributed by atoms with van der Waals surface area (Å²) in [6.07, 6.45) is 0.632. The molecule has 5 aromatic rings. The second-order valence-electron chi connectivity index (χ2n) is 10.4. The molecule has 2 aliphatic heterocycles. The van der Waals surface area contributed by atoms with E-state index in [9.17, 15) is 14.7 Å². The third-order valence-electron chi connectivity index (χ3n) is 7.65. The maximum atomic E-state index is 15.3. The van der Waals surface area contributed by atoms with Crippen LogP contribution in [-0.4, -0.2) is 33.1 Å². The maximum Gasteiger partial charge on any atom is 0.301 e. The molecule has 0 spiro atoms. The lowest BCUT2D eigenvalue weighted by molar-refractivity contribution is -0.132. The van der Waals surface area contributed by atoms with Crippen LogP contribution in [0.4, 0.5) is 9.52 Å². The van der Waals surface area contributed by atoms with Gasteiger partial charge < -0.3 is 9.84 Å². The maximum absolute atomic E-state index is 15.3. The first-order valence-corrected chi connectivity index (χ1v) is 15.5. The van der Waals surface area contributed by atoms with Crippen molar-refractivity contribution in [1.82, 2.24) is 10.2 Å². The van der Waals surface area contributed by atoms with E-state index in [2.05, 4.69) is 34.5 Å². The highest BCUT2D eigenvalue weighted by molar-refractivity contribution is 8.00. The number of aliphatic hydroxyl groups excluding tert-OH is 1. The van der Waals surface area contributed by atoms with Crippen LogP contribution in [-0.2, 0) is 21.8 Å². The smallest absolute Gasteiger partial charge is 0.301 e. The van der Waals surface area contributed by atoms with Gasteiger partial charge in [-0.1, -0.05) is 83.8 Å². The fourth-order valence-corrected chi connectivity index (χ4v) is 7.53. The molecule has 2 aliphatic rings. The molecule has 7 nitrogen and oxygen atoms in total. The van der Waals surface area contributed by atoms with E-state index in [1.54, 1.807) is 24.3 Å². The second kappa shape index (κ2) is 10.9. The lowest BCUT2D eigenvalue weighted by Gasteiger charge is -2.23. The number of ketones is 1. The Kier molecular flexibility index (Phi) is 6.95. The number of amides is 1. The van der Waals surface area contributed by atoms with E-state index in [0.29, 0.717) is 27.8 Å². The number of aromatic nitrogens is 2. The number of benzene rings is 4. The number of aliphatic hydroxyl groups is 1. The van der Waals surface area contributed by atoms with Crippen molar-refractivity contribution in [3.63, 3.8) is 0 Å². The first-order valence-electron chi connectivity index (χ1n) is 13.7. The summed E-state index contributed by atoms with van der Waals surface area (Å²) in [5.41, 5.74) is 2.22. The quantitative estimate of drug-likeness (QED) is 0.0724. The zero-order valence-corrected chi connectivity index (χ0v) is 24.5. The van der Waals surface area contributed by atoms with Crippen molar-refractivity contribution in [1.29, 1.82) is 0 Å². The number of nitrogens with zero attached hydrogens (tertiary/aromatic N) is 3. The summed E-state index contributed by atoms with van der Waals surface area (Å²) in [7, 11) is 0. The largest absolute Gasteiger partial charge is 0.507 e. The number of Topliss-reactive ketones (excluding diaryl/α,β-unsaturated/α-hetero) is 1. The average molecular weight is 610 g/mol. The molecule has 4 aromatic carbocycles. The number of anilines is 1. The van der Waals surface area contributed by atoms with Gasteiger partial charge in [0.1, 0.15) is 29.5 Å². The van der Waals surface area contributed by atoms with E-state index >= 15 is 4.39 Å². The van der Waals surface area contributed by atoms with Crippen molar-refractivity contribution >= 4 is 56.5 Å². The van der Waals surface area contributed by atoms with Gasteiger partial charge in [-0.2, -0.15) is 0 Å². The third kappa shape index (κ3) is 4.86. The summed E-state index contributed by atoms with van der Waals surface area (Å²) in [5, 5.41) is 22.4.